The molecule has 7 heteroatoms. The van der Waals surface area contributed by atoms with Crippen LogP contribution in [0.4, 0.5) is 0 Å². The van der Waals surface area contributed by atoms with Gasteiger partial charge in [0.15, 0.2) is 6.10 Å². The number of para-hydroxylation sites is 1. The van der Waals surface area contributed by atoms with Crippen LogP contribution in [0, 0.1) is 6.92 Å². The van der Waals surface area contributed by atoms with E-state index in [1.165, 1.54) is 0 Å². The van der Waals surface area contributed by atoms with E-state index in [0.29, 0.717) is 12.4 Å². The van der Waals surface area contributed by atoms with Crippen LogP contribution < -0.4 is 14.9 Å². The zero-order chi connectivity index (χ0) is 27.7. The van der Waals surface area contributed by atoms with Crippen LogP contribution in [0.25, 0.3) is 16.9 Å². The molecule has 1 aromatic heterocycles. The van der Waals surface area contributed by atoms with Gasteiger partial charge in [-0.05, 0) is 55.8 Å². The first kappa shape index (κ1) is 26.4. The average Bonchev–Trinajstić information content (AvgIpc) is 3.42. The van der Waals surface area contributed by atoms with Gasteiger partial charge in [-0.3, -0.25) is 4.79 Å². The van der Waals surface area contributed by atoms with Crippen molar-refractivity contribution in [1.82, 2.24) is 15.2 Å². The first-order valence-electron chi connectivity index (χ1n) is 13.0. The largest absolute Gasteiger partial charge is 0.489 e. The van der Waals surface area contributed by atoms with Crippen LogP contribution in [0.3, 0.4) is 0 Å². The molecule has 0 saturated heterocycles. The van der Waals surface area contributed by atoms with Gasteiger partial charge in [0.2, 0.25) is 0 Å². The molecule has 1 atom stereocenters. The maximum absolute atomic E-state index is 12.7. The first-order chi connectivity index (χ1) is 19.5. The minimum Gasteiger partial charge on any atom is -0.489 e. The summed E-state index contributed by atoms with van der Waals surface area (Å²) >= 11 is 0. The van der Waals surface area contributed by atoms with E-state index in [0.717, 1.165) is 39.4 Å². The number of ether oxygens (including phenoxy) is 2. The zero-order valence-corrected chi connectivity index (χ0v) is 22.4. The second-order valence-corrected chi connectivity index (χ2v) is 9.32. The number of amides is 1. The number of rotatable bonds is 10. The number of carbonyl (C=O) groups is 1. The third-order valence-electron chi connectivity index (χ3n) is 6.22. The van der Waals surface area contributed by atoms with Gasteiger partial charge >= 0.3 is 0 Å². The van der Waals surface area contributed by atoms with Crippen molar-refractivity contribution in [2.24, 2.45) is 5.10 Å². The Labute approximate surface area is 233 Å². The molecular weight excluding hydrogens is 500 g/mol. The fourth-order valence-corrected chi connectivity index (χ4v) is 4.00. The number of hydrogen-bond acceptors (Lipinski definition) is 5. The van der Waals surface area contributed by atoms with E-state index in [4.69, 9.17) is 14.6 Å². The third-order valence-corrected chi connectivity index (χ3v) is 6.22. The molecule has 7 nitrogen and oxygen atoms in total. The quantitative estimate of drug-likeness (QED) is 0.169. The minimum atomic E-state index is -0.753. The Balaban J connectivity index is 1.21. The lowest BCUT2D eigenvalue weighted by Gasteiger charge is -2.13. The molecule has 1 amide bonds. The number of nitrogens with zero attached hydrogens (tertiary/aromatic N) is 3. The van der Waals surface area contributed by atoms with Crippen molar-refractivity contribution < 1.29 is 14.3 Å². The lowest BCUT2D eigenvalue weighted by atomic mass is 10.1. The minimum absolute atomic E-state index is 0.368. The summed E-state index contributed by atoms with van der Waals surface area (Å²) in [5, 5.41) is 8.99. The van der Waals surface area contributed by atoms with Crippen molar-refractivity contribution in [3.05, 3.63) is 132 Å². The standard InChI is InChI=1S/C33H30N4O3/c1-24-13-15-27(16-14-24)32-28(22-37(36-32)29-11-7-4-8-12-29)21-34-35-33(38)25(2)40-31-19-17-30(18-20-31)39-23-26-9-5-3-6-10-26/h3-22,25H,23H2,1-2H3,(H,35,38)/b34-21+. The molecule has 0 bridgehead atoms. The Morgan fingerprint density at radius 3 is 2.25 bits per heavy atom. The van der Waals surface area contributed by atoms with Crippen molar-refractivity contribution in [2.45, 2.75) is 26.6 Å². The highest BCUT2D eigenvalue weighted by molar-refractivity contribution is 5.90. The van der Waals surface area contributed by atoms with Crippen molar-refractivity contribution in [3.63, 3.8) is 0 Å². The molecule has 0 aliphatic rings. The summed E-state index contributed by atoms with van der Waals surface area (Å²) in [5.41, 5.74) is 8.26. The predicted molar refractivity (Wildman–Crippen MR) is 157 cm³/mol. The highest BCUT2D eigenvalue weighted by Gasteiger charge is 2.15. The molecule has 5 rings (SSSR count). The van der Waals surface area contributed by atoms with Crippen LogP contribution in [-0.4, -0.2) is 28.0 Å². The molecule has 0 aliphatic heterocycles. The maximum Gasteiger partial charge on any atom is 0.280 e. The lowest BCUT2D eigenvalue weighted by molar-refractivity contribution is -0.127. The predicted octanol–water partition coefficient (Wildman–Crippen LogP) is 6.34. The summed E-state index contributed by atoms with van der Waals surface area (Å²) in [6.45, 7) is 4.20. The second-order valence-electron chi connectivity index (χ2n) is 9.32. The van der Waals surface area contributed by atoms with Gasteiger partial charge in [-0.2, -0.15) is 10.2 Å². The number of nitrogens with one attached hydrogen (secondary N) is 1. The van der Waals surface area contributed by atoms with Crippen molar-refractivity contribution in [3.8, 4) is 28.4 Å². The van der Waals surface area contributed by atoms with E-state index in [1.807, 2.05) is 110 Å². The fourth-order valence-electron chi connectivity index (χ4n) is 4.00. The number of benzene rings is 4. The fraction of sp³-hybridized carbons (Fsp3) is 0.121. The highest BCUT2D eigenvalue weighted by Crippen LogP contribution is 2.23. The molecule has 40 heavy (non-hydrogen) atoms. The first-order valence-corrected chi connectivity index (χ1v) is 13.0. The van der Waals surface area contributed by atoms with Gasteiger partial charge < -0.3 is 9.47 Å². The third kappa shape index (κ3) is 6.82. The van der Waals surface area contributed by atoms with Gasteiger partial charge in [-0.25, -0.2) is 10.1 Å². The van der Waals surface area contributed by atoms with E-state index in [-0.39, 0.29) is 5.91 Å². The Morgan fingerprint density at radius 1 is 0.900 bits per heavy atom. The van der Waals surface area contributed by atoms with Gasteiger partial charge in [-0.1, -0.05) is 78.4 Å². The van der Waals surface area contributed by atoms with Crippen LogP contribution in [0.1, 0.15) is 23.6 Å². The van der Waals surface area contributed by atoms with Gasteiger partial charge in [0.1, 0.15) is 23.8 Å². The summed E-state index contributed by atoms with van der Waals surface area (Å²) in [4.78, 5) is 12.7. The van der Waals surface area contributed by atoms with Crippen LogP contribution in [0.2, 0.25) is 0 Å². The van der Waals surface area contributed by atoms with Gasteiger partial charge in [0.05, 0.1) is 11.9 Å². The average molecular weight is 531 g/mol. The summed E-state index contributed by atoms with van der Waals surface area (Å²) in [6, 6.07) is 35.1. The van der Waals surface area contributed by atoms with Crippen molar-refractivity contribution in [2.75, 3.05) is 0 Å². The summed E-state index contributed by atoms with van der Waals surface area (Å²) in [7, 11) is 0. The number of carbonyl (C=O) groups excluding carboxylic acids is 1. The number of aromatic nitrogens is 2. The molecule has 4 aromatic carbocycles. The van der Waals surface area contributed by atoms with E-state index >= 15 is 0 Å². The lowest BCUT2D eigenvalue weighted by Crippen LogP contribution is -2.33. The smallest absolute Gasteiger partial charge is 0.280 e. The van der Waals surface area contributed by atoms with Crippen LogP contribution in [0.15, 0.2) is 120 Å². The Kier molecular flexibility index (Phi) is 8.32. The molecule has 1 unspecified atom stereocenters. The van der Waals surface area contributed by atoms with Gasteiger partial charge in [0, 0.05) is 17.3 Å². The van der Waals surface area contributed by atoms with E-state index in [9.17, 15) is 4.79 Å². The molecular formula is C33H30N4O3. The summed E-state index contributed by atoms with van der Waals surface area (Å²) in [6.07, 6.45) is 2.74. The SMILES string of the molecule is Cc1ccc(-c2nn(-c3ccccc3)cc2/C=N/NC(=O)C(C)Oc2ccc(OCc3ccccc3)cc2)cc1. The Bertz CT molecular complexity index is 1560. The van der Waals surface area contributed by atoms with Crippen molar-refractivity contribution in [1.29, 1.82) is 0 Å². The molecule has 5 aromatic rings. The number of hydrazone groups is 1. The van der Waals surface area contributed by atoms with Crippen LogP contribution in [0.5, 0.6) is 11.5 Å². The number of aryl methyl sites for hydroxylation is 1. The van der Waals surface area contributed by atoms with Gasteiger partial charge in [-0.15, -0.1) is 0 Å². The molecule has 0 saturated carbocycles. The number of hydrogen-bond donors (Lipinski definition) is 1. The van der Waals surface area contributed by atoms with Gasteiger partial charge in [0.25, 0.3) is 5.91 Å². The monoisotopic (exact) mass is 530 g/mol. The van der Waals surface area contributed by atoms with E-state index in [2.05, 4.69) is 10.5 Å². The van der Waals surface area contributed by atoms with Crippen molar-refractivity contribution >= 4 is 12.1 Å². The normalized spacial score (nSPS) is 11.8. The molecule has 0 fully saturated rings. The molecule has 0 aliphatic carbocycles. The maximum atomic E-state index is 12.7. The summed E-state index contributed by atoms with van der Waals surface area (Å²) < 4.78 is 13.4. The summed E-state index contributed by atoms with van der Waals surface area (Å²) in [5.74, 6) is 0.913. The zero-order valence-electron chi connectivity index (χ0n) is 22.4. The van der Waals surface area contributed by atoms with E-state index < -0.39 is 6.10 Å². The van der Waals surface area contributed by atoms with Crippen LogP contribution >= 0.6 is 0 Å². The molecule has 200 valence electrons. The Hall–Kier alpha value is -5.17. The van der Waals surface area contributed by atoms with Crippen LogP contribution in [-0.2, 0) is 11.4 Å². The molecule has 0 spiro atoms. The topological polar surface area (TPSA) is 77.7 Å². The molecule has 1 N–H and O–H groups in total. The highest BCUT2D eigenvalue weighted by atomic mass is 16.5. The Morgan fingerprint density at radius 2 is 1.55 bits per heavy atom. The van der Waals surface area contributed by atoms with E-state index in [1.54, 1.807) is 30.0 Å². The molecule has 1 heterocycles. The molecule has 0 radical (unpaired) electrons. The second kappa shape index (κ2) is 12.6.